The molecule has 2 unspecified atom stereocenters. The number of aliphatic hydroxyl groups is 1. The molecule has 3 aliphatic rings. The van der Waals surface area contributed by atoms with Crippen molar-refractivity contribution in [1.29, 1.82) is 0 Å². The zero-order chi connectivity index (χ0) is 31.7. The van der Waals surface area contributed by atoms with E-state index < -0.39 is 34.2 Å². The Kier molecular flexibility index (Phi) is 10.1. The van der Waals surface area contributed by atoms with E-state index in [0.29, 0.717) is 31.8 Å². The van der Waals surface area contributed by atoms with Gasteiger partial charge in [0.2, 0.25) is 17.7 Å². The first-order valence-corrected chi connectivity index (χ1v) is 16.5. The van der Waals surface area contributed by atoms with Gasteiger partial charge in [-0.1, -0.05) is 32.4 Å². The number of rotatable bonds is 13. The summed E-state index contributed by atoms with van der Waals surface area (Å²) in [5.41, 5.74) is 0.202. The molecule has 2 bridgehead atoms. The van der Waals surface area contributed by atoms with E-state index in [4.69, 9.17) is 4.74 Å². The molecule has 7 atom stereocenters. The lowest BCUT2D eigenvalue weighted by Gasteiger charge is -2.44. The number of aliphatic hydroxyl groups excluding tert-OH is 1. The molecule has 4 rings (SSSR count). The standard InChI is InChI=1S/C34H49N3O5S/c1-9-19-35(23-13-15-24(16-14-23)42-12-4)30(39)27-26-17-18-34(43-26)28(27)31(40)37(25(21-38)22(5)11-3)29(34)32(41)36(20-10-2)33(6,7)8/h9-10,13-16,22,25-29,38H,1-2,11-12,17-21H2,3-8H3/t22-,25-,26+,27-,28-,29?,34?/m0/s1. The summed E-state index contributed by atoms with van der Waals surface area (Å²) in [6.45, 7) is 20.6. The van der Waals surface area contributed by atoms with Crippen molar-refractivity contribution in [2.45, 2.75) is 88.4 Å². The van der Waals surface area contributed by atoms with Crippen molar-refractivity contribution in [2.75, 3.05) is 31.2 Å². The second-order valence-electron chi connectivity index (χ2n) is 13.0. The topological polar surface area (TPSA) is 90.4 Å². The summed E-state index contributed by atoms with van der Waals surface area (Å²) in [6, 6.07) is 6.10. The second kappa shape index (κ2) is 13.1. The maximum absolute atomic E-state index is 14.7. The lowest BCUT2D eigenvalue weighted by molar-refractivity contribution is -0.149. The number of carbonyl (C=O) groups is 3. The van der Waals surface area contributed by atoms with Crippen LogP contribution in [0.1, 0.15) is 60.8 Å². The predicted molar refractivity (Wildman–Crippen MR) is 173 cm³/mol. The van der Waals surface area contributed by atoms with Crippen LogP contribution in [0.5, 0.6) is 5.75 Å². The molecule has 3 amide bonds. The molecular formula is C34H49N3O5S. The van der Waals surface area contributed by atoms with Gasteiger partial charge < -0.3 is 24.5 Å². The average molecular weight is 612 g/mol. The number of nitrogens with zero attached hydrogens (tertiary/aromatic N) is 3. The van der Waals surface area contributed by atoms with Crippen LogP contribution in [0.2, 0.25) is 0 Å². The molecule has 0 radical (unpaired) electrons. The van der Waals surface area contributed by atoms with Crippen molar-refractivity contribution in [3.8, 4) is 5.75 Å². The molecule has 0 aromatic heterocycles. The highest BCUT2D eigenvalue weighted by Gasteiger charge is 2.75. The van der Waals surface area contributed by atoms with Gasteiger partial charge in [-0.3, -0.25) is 14.4 Å². The van der Waals surface area contributed by atoms with Crippen molar-refractivity contribution in [3.63, 3.8) is 0 Å². The van der Waals surface area contributed by atoms with Gasteiger partial charge in [0, 0.05) is 29.6 Å². The minimum absolute atomic E-state index is 0.0283. The number of likely N-dealkylation sites (tertiary alicyclic amines) is 1. The number of amides is 3. The summed E-state index contributed by atoms with van der Waals surface area (Å²) < 4.78 is 4.85. The predicted octanol–water partition coefficient (Wildman–Crippen LogP) is 4.92. The maximum Gasteiger partial charge on any atom is 0.247 e. The van der Waals surface area contributed by atoms with E-state index in [-0.39, 0.29) is 35.5 Å². The average Bonchev–Trinajstić information content (AvgIpc) is 3.62. The van der Waals surface area contributed by atoms with Crippen molar-refractivity contribution in [3.05, 3.63) is 49.6 Å². The van der Waals surface area contributed by atoms with Gasteiger partial charge in [0.1, 0.15) is 11.8 Å². The van der Waals surface area contributed by atoms with E-state index in [1.807, 2.05) is 65.8 Å². The molecule has 3 fully saturated rings. The Bertz CT molecular complexity index is 1210. The lowest BCUT2D eigenvalue weighted by atomic mass is 9.70. The molecule has 8 nitrogen and oxygen atoms in total. The third-order valence-electron chi connectivity index (χ3n) is 9.53. The van der Waals surface area contributed by atoms with Crippen molar-refractivity contribution >= 4 is 35.2 Å². The normalized spacial score (nSPS) is 27.4. The smallest absolute Gasteiger partial charge is 0.247 e. The summed E-state index contributed by atoms with van der Waals surface area (Å²) in [5, 5.41) is 10.6. The Morgan fingerprint density at radius 2 is 1.81 bits per heavy atom. The number of fused-ring (bicyclic) bond motifs is 1. The fraction of sp³-hybridized carbons (Fsp3) is 0.618. The Balaban J connectivity index is 1.80. The molecule has 1 spiro atoms. The van der Waals surface area contributed by atoms with Gasteiger partial charge in [0.05, 0.1) is 35.8 Å². The van der Waals surface area contributed by atoms with Gasteiger partial charge in [0.15, 0.2) is 0 Å². The summed E-state index contributed by atoms with van der Waals surface area (Å²) in [5.74, 6) is -1.01. The highest BCUT2D eigenvalue weighted by atomic mass is 32.2. The molecule has 3 saturated heterocycles. The van der Waals surface area contributed by atoms with Gasteiger partial charge >= 0.3 is 0 Å². The molecule has 3 heterocycles. The van der Waals surface area contributed by atoms with Gasteiger partial charge in [-0.15, -0.1) is 24.9 Å². The minimum Gasteiger partial charge on any atom is -0.494 e. The quantitative estimate of drug-likeness (QED) is 0.319. The van der Waals surface area contributed by atoms with Crippen molar-refractivity contribution in [1.82, 2.24) is 9.80 Å². The Hall–Kier alpha value is -2.78. The van der Waals surface area contributed by atoms with E-state index in [1.165, 1.54) is 0 Å². The van der Waals surface area contributed by atoms with E-state index in [0.717, 1.165) is 18.6 Å². The highest BCUT2D eigenvalue weighted by Crippen LogP contribution is 2.67. The Labute approximate surface area is 261 Å². The molecule has 1 aromatic carbocycles. The molecule has 236 valence electrons. The molecule has 1 N–H and O–H groups in total. The zero-order valence-corrected chi connectivity index (χ0v) is 27.4. The van der Waals surface area contributed by atoms with Crippen LogP contribution in [0.3, 0.4) is 0 Å². The van der Waals surface area contributed by atoms with Crippen LogP contribution in [0, 0.1) is 17.8 Å². The number of hydrogen-bond acceptors (Lipinski definition) is 6. The molecule has 9 heteroatoms. The van der Waals surface area contributed by atoms with Crippen LogP contribution < -0.4 is 9.64 Å². The molecule has 43 heavy (non-hydrogen) atoms. The fourth-order valence-electron chi connectivity index (χ4n) is 7.32. The minimum atomic E-state index is -0.776. The number of thioether (sulfide) groups is 1. The summed E-state index contributed by atoms with van der Waals surface area (Å²) >= 11 is 1.65. The SMILES string of the molecule is C=CCN(C(=O)[C@@H]1[C@H]2C(=O)N([C@@H](CO)[C@@H](C)CC)C(C(=O)N(CC=C)C(C)(C)C)C23CC[C@H]1S3)c1ccc(OCC)cc1. The van der Waals surface area contributed by atoms with Gasteiger partial charge in [0.25, 0.3) is 0 Å². The van der Waals surface area contributed by atoms with Gasteiger partial charge in [-0.05, 0) is 70.7 Å². The summed E-state index contributed by atoms with van der Waals surface area (Å²) in [6.07, 6.45) is 5.57. The Morgan fingerprint density at radius 3 is 2.35 bits per heavy atom. The van der Waals surface area contributed by atoms with E-state index in [1.54, 1.807) is 38.6 Å². The number of hydrogen-bond donors (Lipinski definition) is 1. The van der Waals surface area contributed by atoms with Crippen LogP contribution in [-0.4, -0.2) is 86.6 Å². The van der Waals surface area contributed by atoms with Crippen LogP contribution in [0.4, 0.5) is 5.69 Å². The van der Waals surface area contributed by atoms with Crippen LogP contribution in [0.25, 0.3) is 0 Å². The second-order valence-corrected chi connectivity index (χ2v) is 14.6. The lowest BCUT2D eigenvalue weighted by Crippen LogP contribution is -2.61. The van der Waals surface area contributed by atoms with E-state index >= 15 is 0 Å². The largest absolute Gasteiger partial charge is 0.494 e. The molecule has 0 aliphatic carbocycles. The van der Waals surface area contributed by atoms with Crippen molar-refractivity contribution in [2.24, 2.45) is 17.8 Å². The van der Waals surface area contributed by atoms with Crippen molar-refractivity contribution < 1.29 is 24.2 Å². The number of anilines is 1. The monoisotopic (exact) mass is 611 g/mol. The van der Waals surface area contributed by atoms with Crippen LogP contribution >= 0.6 is 11.8 Å². The van der Waals surface area contributed by atoms with E-state index in [9.17, 15) is 19.5 Å². The van der Waals surface area contributed by atoms with Crippen LogP contribution in [-0.2, 0) is 14.4 Å². The number of ether oxygens (including phenoxy) is 1. The maximum atomic E-state index is 14.7. The molecule has 3 aliphatic heterocycles. The molecule has 1 aromatic rings. The fourth-order valence-corrected chi connectivity index (χ4v) is 9.51. The zero-order valence-electron chi connectivity index (χ0n) is 26.6. The number of benzene rings is 1. The third-order valence-corrected chi connectivity index (χ3v) is 11.5. The van der Waals surface area contributed by atoms with Gasteiger partial charge in [-0.2, -0.15) is 0 Å². The van der Waals surface area contributed by atoms with Gasteiger partial charge in [-0.25, -0.2) is 0 Å². The highest BCUT2D eigenvalue weighted by molar-refractivity contribution is 8.02. The first-order valence-electron chi connectivity index (χ1n) is 15.6. The first kappa shape index (κ1) is 33.1. The third kappa shape index (κ3) is 5.75. The van der Waals surface area contributed by atoms with Crippen LogP contribution in [0.15, 0.2) is 49.6 Å². The first-order chi connectivity index (χ1) is 20.4. The number of carbonyl (C=O) groups excluding carboxylic acids is 3. The summed E-state index contributed by atoms with van der Waals surface area (Å²) in [4.78, 5) is 49.1. The molecular weight excluding hydrogens is 562 g/mol. The Morgan fingerprint density at radius 1 is 1.16 bits per heavy atom. The van der Waals surface area contributed by atoms with E-state index in [2.05, 4.69) is 13.2 Å². The molecule has 0 saturated carbocycles. The summed E-state index contributed by atoms with van der Waals surface area (Å²) in [7, 11) is 0.